The van der Waals surface area contributed by atoms with E-state index in [9.17, 15) is 9.59 Å². The highest BCUT2D eigenvalue weighted by atomic mass is 16.5. The van der Waals surface area contributed by atoms with E-state index >= 15 is 0 Å². The van der Waals surface area contributed by atoms with Crippen molar-refractivity contribution in [2.24, 2.45) is 0 Å². The van der Waals surface area contributed by atoms with Crippen molar-refractivity contribution in [1.82, 2.24) is 0 Å². The Hall–Kier alpha value is -4.98. The third-order valence-corrected chi connectivity index (χ3v) is 7.71. The van der Waals surface area contributed by atoms with Gasteiger partial charge in [0.1, 0.15) is 23.9 Å². The minimum Gasteiger partial charge on any atom is -0.489 e. The fourth-order valence-corrected chi connectivity index (χ4v) is 4.89. The molecule has 244 valence electrons. The zero-order chi connectivity index (χ0) is 33.6. The molecule has 0 spiro atoms. The van der Waals surface area contributed by atoms with Gasteiger partial charge in [0.25, 0.3) is 0 Å². The van der Waals surface area contributed by atoms with E-state index in [4.69, 9.17) is 24.4 Å². The van der Waals surface area contributed by atoms with Gasteiger partial charge in [-0.2, -0.15) is 0 Å². The van der Waals surface area contributed by atoms with Crippen molar-refractivity contribution in [3.8, 4) is 39.5 Å². The monoisotopic (exact) mass is 634 g/mol. The second kappa shape index (κ2) is 17.6. The summed E-state index contributed by atoms with van der Waals surface area (Å²) in [7, 11) is 0. The van der Waals surface area contributed by atoms with Gasteiger partial charge in [-0.1, -0.05) is 100 Å². The van der Waals surface area contributed by atoms with Gasteiger partial charge in [0.15, 0.2) is 0 Å². The van der Waals surface area contributed by atoms with Crippen LogP contribution in [-0.4, -0.2) is 35.4 Å². The Bertz CT molecular complexity index is 1650. The van der Waals surface area contributed by atoms with E-state index in [-0.39, 0.29) is 11.1 Å². The number of aliphatic hydroxyl groups excluding tert-OH is 2. The van der Waals surface area contributed by atoms with Gasteiger partial charge in [0, 0.05) is 0 Å². The van der Waals surface area contributed by atoms with E-state index in [1.165, 1.54) is 25.7 Å². The molecule has 0 saturated heterocycles. The zero-order valence-electron chi connectivity index (χ0n) is 26.9. The van der Waals surface area contributed by atoms with Crippen LogP contribution in [0.15, 0.2) is 115 Å². The second-order valence-corrected chi connectivity index (χ2v) is 11.3. The Kier molecular flexibility index (Phi) is 13.1. The first-order valence-electron chi connectivity index (χ1n) is 15.9. The maximum Gasteiger partial charge on any atom is 0.341 e. The molecule has 0 aliphatic carbocycles. The molecule has 0 fully saturated rings. The molecule has 7 nitrogen and oxygen atoms in total. The molecule has 47 heavy (non-hydrogen) atoms. The standard InChI is InChI=1S/C40H42O7/c1-4-5-6-7-8-9-35-24-34(33-16-21-37(22-17-33)47-40(44)29(3)26-42)18-23-38(35)45-27-30-10-12-31(13-11-30)32-14-19-36(20-15-32)46-39(43)28(2)25-41/h10-24,41-42H,2-9,25-27H2,1H3. The van der Waals surface area contributed by atoms with E-state index in [1.54, 1.807) is 24.3 Å². The van der Waals surface area contributed by atoms with E-state index in [0.29, 0.717) is 18.1 Å². The van der Waals surface area contributed by atoms with Crippen LogP contribution in [-0.2, 0) is 22.6 Å². The van der Waals surface area contributed by atoms with Crippen LogP contribution in [0.2, 0.25) is 0 Å². The Morgan fingerprint density at radius 2 is 1.09 bits per heavy atom. The maximum absolute atomic E-state index is 11.9. The highest BCUT2D eigenvalue weighted by molar-refractivity contribution is 5.90. The predicted octanol–water partition coefficient (Wildman–Crippen LogP) is 8.02. The van der Waals surface area contributed by atoms with Crippen molar-refractivity contribution >= 4 is 11.9 Å². The number of benzene rings is 4. The summed E-state index contributed by atoms with van der Waals surface area (Å²) in [6.07, 6.45) is 6.80. The van der Waals surface area contributed by atoms with E-state index in [0.717, 1.165) is 52.0 Å². The normalized spacial score (nSPS) is 10.7. The van der Waals surface area contributed by atoms with Crippen molar-refractivity contribution in [1.29, 1.82) is 0 Å². The molecule has 0 atom stereocenters. The maximum atomic E-state index is 11.9. The molecule has 0 radical (unpaired) electrons. The molecule has 4 aromatic rings. The lowest BCUT2D eigenvalue weighted by Gasteiger charge is -2.15. The molecule has 2 N–H and O–H groups in total. The average molecular weight is 635 g/mol. The van der Waals surface area contributed by atoms with Gasteiger partial charge in [-0.15, -0.1) is 0 Å². The van der Waals surface area contributed by atoms with Crippen LogP contribution < -0.4 is 14.2 Å². The van der Waals surface area contributed by atoms with Crippen LogP contribution in [0.5, 0.6) is 17.2 Å². The molecule has 0 saturated carbocycles. The number of carbonyl (C=O) groups is 2. The summed E-state index contributed by atoms with van der Waals surface area (Å²) in [6.45, 7) is 8.73. The van der Waals surface area contributed by atoms with Crippen molar-refractivity contribution in [3.05, 3.63) is 126 Å². The van der Waals surface area contributed by atoms with Gasteiger partial charge < -0.3 is 24.4 Å². The first kappa shape index (κ1) is 34.9. The number of hydrogen-bond acceptors (Lipinski definition) is 7. The Morgan fingerprint density at radius 3 is 1.60 bits per heavy atom. The lowest BCUT2D eigenvalue weighted by Crippen LogP contribution is -2.12. The molecule has 0 amide bonds. The molecule has 7 heteroatoms. The summed E-state index contributed by atoms with van der Waals surface area (Å²) in [5, 5.41) is 18.1. The smallest absolute Gasteiger partial charge is 0.341 e. The summed E-state index contributed by atoms with van der Waals surface area (Å²) >= 11 is 0. The molecule has 4 rings (SSSR count). The molecule has 0 aliphatic rings. The van der Waals surface area contributed by atoms with Crippen molar-refractivity contribution in [2.45, 2.75) is 52.1 Å². The molecule has 0 bridgehead atoms. The summed E-state index contributed by atoms with van der Waals surface area (Å²) in [4.78, 5) is 23.8. The van der Waals surface area contributed by atoms with E-state index in [2.05, 4.69) is 26.1 Å². The summed E-state index contributed by atoms with van der Waals surface area (Å²) in [5.41, 5.74) is 6.21. The lowest BCUT2D eigenvalue weighted by molar-refractivity contribution is -0.131. The van der Waals surface area contributed by atoms with Gasteiger partial charge in [-0.05, 0) is 82.6 Å². The topological polar surface area (TPSA) is 102 Å². The van der Waals surface area contributed by atoms with Crippen molar-refractivity contribution < 1.29 is 34.0 Å². The molecule has 0 aliphatic heterocycles. The fourth-order valence-electron chi connectivity index (χ4n) is 4.89. The Labute approximate surface area is 276 Å². The van der Waals surface area contributed by atoms with Crippen LogP contribution in [0.1, 0.15) is 50.2 Å². The number of unbranched alkanes of at least 4 members (excludes halogenated alkanes) is 4. The lowest BCUT2D eigenvalue weighted by atomic mass is 9.98. The minimum absolute atomic E-state index is 0.000836. The number of aliphatic hydroxyl groups is 2. The van der Waals surface area contributed by atoms with Crippen molar-refractivity contribution in [2.75, 3.05) is 13.2 Å². The number of carbonyl (C=O) groups excluding carboxylic acids is 2. The SMILES string of the molecule is C=C(CO)C(=O)Oc1ccc(-c2ccc(COc3ccc(-c4ccc(OC(=O)C(=C)CO)cc4)cc3CCCCCCC)cc2)cc1. The van der Waals surface area contributed by atoms with Crippen LogP contribution in [0.4, 0.5) is 0 Å². The van der Waals surface area contributed by atoms with Crippen LogP contribution in [0, 0.1) is 0 Å². The molecular formula is C40H42O7. The largest absolute Gasteiger partial charge is 0.489 e. The zero-order valence-corrected chi connectivity index (χ0v) is 26.9. The quantitative estimate of drug-likeness (QED) is 0.0525. The fraction of sp³-hybridized carbons (Fsp3) is 0.250. The van der Waals surface area contributed by atoms with Gasteiger partial charge >= 0.3 is 11.9 Å². The third kappa shape index (κ3) is 10.3. The molecule has 0 unspecified atom stereocenters. The van der Waals surface area contributed by atoms with E-state index in [1.807, 2.05) is 60.7 Å². The molecule has 4 aromatic carbocycles. The number of rotatable bonds is 17. The highest BCUT2D eigenvalue weighted by Gasteiger charge is 2.12. The molecule has 0 heterocycles. The molecular weight excluding hydrogens is 592 g/mol. The Balaban J connectivity index is 1.43. The van der Waals surface area contributed by atoms with E-state index < -0.39 is 25.2 Å². The summed E-state index contributed by atoms with van der Waals surface area (Å²) in [5.74, 6) is 0.325. The number of hydrogen-bond donors (Lipinski definition) is 2. The summed E-state index contributed by atoms with van der Waals surface area (Å²) < 4.78 is 16.9. The van der Waals surface area contributed by atoms with Crippen LogP contribution >= 0.6 is 0 Å². The van der Waals surface area contributed by atoms with Crippen LogP contribution in [0.25, 0.3) is 22.3 Å². The van der Waals surface area contributed by atoms with Gasteiger partial charge in [-0.3, -0.25) is 0 Å². The van der Waals surface area contributed by atoms with Gasteiger partial charge in [0.2, 0.25) is 0 Å². The first-order chi connectivity index (χ1) is 22.8. The third-order valence-electron chi connectivity index (χ3n) is 7.71. The van der Waals surface area contributed by atoms with Gasteiger partial charge in [-0.25, -0.2) is 9.59 Å². The Morgan fingerprint density at radius 1 is 0.617 bits per heavy atom. The predicted molar refractivity (Wildman–Crippen MR) is 184 cm³/mol. The number of aryl methyl sites for hydroxylation is 1. The highest BCUT2D eigenvalue weighted by Crippen LogP contribution is 2.31. The van der Waals surface area contributed by atoms with Crippen LogP contribution in [0.3, 0.4) is 0 Å². The second-order valence-electron chi connectivity index (χ2n) is 11.3. The number of ether oxygens (including phenoxy) is 3. The minimum atomic E-state index is -0.653. The first-order valence-corrected chi connectivity index (χ1v) is 15.9. The summed E-state index contributed by atoms with van der Waals surface area (Å²) in [6, 6.07) is 28.8. The molecule has 0 aromatic heterocycles. The van der Waals surface area contributed by atoms with Crippen molar-refractivity contribution in [3.63, 3.8) is 0 Å². The van der Waals surface area contributed by atoms with Gasteiger partial charge in [0.05, 0.1) is 24.4 Å². The average Bonchev–Trinajstić information content (AvgIpc) is 3.11. The number of esters is 2.